The van der Waals surface area contributed by atoms with E-state index in [0.29, 0.717) is 12.5 Å². The molecule has 1 aromatic carbocycles. The molecule has 0 bridgehead atoms. The van der Waals surface area contributed by atoms with Gasteiger partial charge in [0.1, 0.15) is 12.4 Å². The Kier molecular flexibility index (Phi) is 8.04. The van der Waals surface area contributed by atoms with Gasteiger partial charge in [0.05, 0.1) is 18.4 Å². The second-order valence-electron chi connectivity index (χ2n) is 8.45. The smallest absolute Gasteiger partial charge is 0.130 e. The predicted octanol–water partition coefficient (Wildman–Crippen LogP) is 3.72. The average Bonchev–Trinajstić information content (AvgIpc) is 2.68. The van der Waals surface area contributed by atoms with E-state index in [1.54, 1.807) is 6.20 Å². The number of benzene rings is 1. The van der Waals surface area contributed by atoms with E-state index in [1.165, 1.54) is 5.56 Å². The summed E-state index contributed by atoms with van der Waals surface area (Å²) in [6.45, 7) is 15.0. The summed E-state index contributed by atoms with van der Waals surface area (Å²) in [5, 5.41) is 3.57. The maximum atomic E-state index is 6.04. The molecule has 1 saturated heterocycles. The Labute approximate surface area is 175 Å². The molecule has 1 aliphatic heterocycles. The lowest BCUT2D eigenvalue weighted by Gasteiger charge is -2.34. The lowest BCUT2D eigenvalue weighted by molar-refractivity contribution is -0.0303. The van der Waals surface area contributed by atoms with E-state index in [4.69, 9.17) is 9.47 Å². The van der Waals surface area contributed by atoms with E-state index in [9.17, 15) is 0 Å². The van der Waals surface area contributed by atoms with Gasteiger partial charge in [0.15, 0.2) is 0 Å². The molecule has 1 fully saturated rings. The maximum absolute atomic E-state index is 6.04. The van der Waals surface area contributed by atoms with E-state index in [0.717, 1.165) is 61.9 Å². The van der Waals surface area contributed by atoms with Gasteiger partial charge in [-0.05, 0) is 48.6 Å². The fourth-order valence-corrected chi connectivity index (χ4v) is 3.96. The van der Waals surface area contributed by atoms with Crippen molar-refractivity contribution < 1.29 is 9.47 Å². The molecule has 1 aromatic heterocycles. The second kappa shape index (κ2) is 10.7. The Morgan fingerprint density at radius 3 is 2.72 bits per heavy atom. The molecule has 2 heterocycles. The van der Waals surface area contributed by atoms with Crippen LogP contribution >= 0.6 is 0 Å². The summed E-state index contributed by atoms with van der Waals surface area (Å²) in [7, 11) is 0. The highest BCUT2D eigenvalue weighted by atomic mass is 16.5. The van der Waals surface area contributed by atoms with E-state index < -0.39 is 0 Å². The zero-order chi connectivity index (χ0) is 20.6. The minimum absolute atomic E-state index is 0.269. The van der Waals surface area contributed by atoms with Crippen LogP contribution in [0.5, 0.6) is 5.75 Å². The monoisotopic (exact) mass is 397 g/mol. The third-order valence-corrected chi connectivity index (χ3v) is 5.16. The van der Waals surface area contributed by atoms with Crippen LogP contribution < -0.4 is 10.1 Å². The molecular formula is C24H35N3O2. The summed E-state index contributed by atoms with van der Waals surface area (Å²) in [6, 6.07) is 10.3. The van der Waals surface area contributed by atoms with Crippen molar-refractivity contribution in [3.8, 4) is 5.75 Å². The van der Waals surface area contributed by atoms with Crippen molar-refractivity contribution in [3.05, 3.63) is 58.9 Å². The molecule has 3 rings (SSSR count). The number of pyridine rings is 1. The summed E-state index contributed by atoms with van der Waals surface area (Å²) in [6.07, 6.45) is 2.07. The molecule has 5 heteroatoms. The van der Waals surface area contributed by atoms with E-state index in [2.05, 4.69) is 55.0 Å². The molecule has 0 amide bonds. The van der Waals surface area contributed by atoms with Gasteiger partial charge in [-0.25, -0.2) is 0 Å². The molecule has 5 nitrogen and oxygen atoms in total. The van der Waals surface area contributed by atoms with Gasteiger partial charge < -0.3 is 14.8 Å². The number of ether oxygens (including phenoxy) is 2. The van der Waals surface area contributed by atoms with Crippen LogP contribution in [0.15, 0.2) is 36.5 Å². The number of nitrogens with zero attached hydrogens (tertiary/aromatic N) is 2. The third kappa shape index (κ3) is 6.81. The number of hydrogen-bond acceptors (Lipinski definition) is 5. The molecule has 0 radical (unpaired) electrons. The molecule has 0 saturated carbocycles. The van der Waals surface area contributed by atoms with Crippen molar-refractivity contribution in [1.82, 2.24) is 15.2 Å². The molecule has 1 unspecified atom stereocenters. The molecular weight excluding hydrogens is 362 g/mol. The number of rotatable bonds is 9. The fourth-order valence-electron chi connectivity index (χ4n) is 3.96. The predicted molar refractivity (Wildman–Crippen MR) is 117 cm³/mol. The molecule has 1 atom stereocenters. The second-order valence-corrected chi connectivity index (χ2v) is 8.45. The summed E-state index contributed by atoms with van der Waals surface area (Å²) in [5.74, 6) is 1.66. The Morgan fingerprint density at radius 1 is 1.24 bits per heavy atom. The molecule has 2 aromatic rings. The standard InChI is InChI=1S/C24H35N3O2/c1-18(2)15-27-9-10-28-23(16-27)14-25-13-21-11-19(3)24(20(4)12-21)29-17-22-7-5-6-8-26-22/h5-8,11-12,18,23,25H,9-10,13-17H2,1-4H3. The van der Waals surface area contributed by atoms with E-state index in [-0.39, 0.29) is 6.10 Å². The van der Waals surface area contributed by atoms with Crippen molar-refractivity contribution in [2.45, 2.75) is 47.0 Å². The van der Waals surface area contributed by atoms with Crippen LogP contribution in [0.25, 0.3) is 0 Å². The third-order valence-electron chi connectivity index (χ3n) is 5.16. The van der Waals surface area contributed by atoms with Crippen molar-refractivity contribution in [3.63, 3.8) is 0 Å². The first kappa shape index (κ1) is 21.8. The molecule has 158 valence electrons. The van der Waals surface area contributed by atoms with Gasteiger partial charge in [-0.15, -0.1) is 0 Å². The summed E-state index contributed by atoms with van der Waals surface area (Å²) in [4.78, 5) is 6.84. The molecule has 0 aliphatic carbocycles. The molecule has 1 aliphatic rings. The van der Waals surface area contributed by atoms with Crippen LogP contribution in [-0.4, -0.2) is 48.8 Å². The molecule has 1 N–H and O–H groups in total. The first-order valence-corrected chi connectivity index (χ1v) is 10.7. The Morgan fingerprint density at radius 2 is 2.03 bits per heavy atom. The van der Waals surface area contributed by atoms with Crippen LogP contribution in [0.4, 0.5) is 0 Å². The van der Waals surface area contributed by atoms with Gasteiger partial charge in [-0.3, -0.25) is 9.88 Å². The summed E-state index contributed by atoms with van der Waals surface area (Å²) in [5.41, 5.74) is 4.54. The Balaban J connectivity index is 1.49. The van der Waals surface area contributed by atoms with Gasteiger partial charge >= 0.3 is 0 Å². The SMILES string of the molecule is Cc1cc(CNCC2CN(CC(C)C)CCO2)cc(C)c1OCc1ccccn1. The quantitative estimate of drug-likeness (QED) is 0.699. The van der Waals surface area contributed by atoms with Crippen LogP contribution in [0.3, 0.4) is 0 Å². The number of aryl methyl sites for hydroxylation is 2. The van der Waals surface area contributed by atoms with Crippen molar-refractivity contribution in [2.75, 3.05) is 32.8 Å². The van der Waals surface area contributed by atoms with Crippen LogP contribution in [0, 0.1) is 19.8 Å². The summed E-state index contributed by atoms with van der Waals surface area (Å²) >= 11 is 0. The lowest BCUT2D eigenvalue weighted by atomic mass is 10.1. The Bertz CT molecular complexity index is 741. The van der Waals surface area contributed by atoms with Gasteiger partial charge in [0.25, 0.3) is 0 Å². The fraction of sp³-hybridized carbons (Fsp3) is 0.542. The van der Waals surface area contributed by atoms with Gasteiger partial charge in [0, 0.05) is 38.9 Å². The normalized spacial score (nSPS) is 17.6. The number of nitrogens with one attached hydrogen (secondary N) is 1. The van der Waals surface area contributed by atoms with E-state index >= 15 is 0 Å². The average molecular weight is 398 g/mol. The van der Waals surface area contributed by atoms with Crippen LogP contribution in [0.2, 0.25) is 0 Å². The van der Waals surface area contributed by atoms with Crippen molar-refractivity contribution in [2.24, 2.45) is 5.92 Å². The topological polar surface area (TPSA) is 46.6 Å². The van der Waals surface area contributed by atoms with Crippen molar-refractivity contribution >= 4 is 0 Å². The van der Waals surface area contributed by atoms with Crippen molar-refractivity contribution in [1.29, 1.82) is 0 Å². The zero-order valence-corrected chi connectivity index (χ0v) is 18.3. The minimum Gasteiger partial charge on any atom is -0.487 e. The maximum Gasteiger partial charge on any atom is 0.130 e. The first-order chi connectivity index (χ1) is 14.0. The van der Waals surface area contributed by atoms with Gasteiger partial charge in [0.2, 0.25) is 0 Å². The number of hydrogen-bond donors (Lipinski definition) is 1. The minimum atomic E-state index is 0.269. The van der Waals surface area contributed by atoms with Gasteiger partial charge in [-0.1, -0.05) is 32.0 Å². The van der Waals surface area contributed by atoms with Crippen LogP contribution in [-0.2, 0) is 17.9 Å². The lowest BCUT2D eigenvalue weighted by Crippen LogP contribution is -2.47. The highest BCUT2D eigenvalue weighted by Gasteiger charge is 2.20. The number of morpholine rings is 1. The Hall–Kier alpha value is -1.95. The largest absolute Gasteiger partial charge is 0.487 e. The number of aromatic nitrogens is 1. The molecule has 29 heavy (non-hydrogen) atoms. The van der Waals surface area contributed by atoms with E-state index in [1.807, 2.05) is 18.2 Å². The first-order valence-electron chi connectivity index (χ1n) is 10.7. The highest BCUT2D eigenvalue weighted by molar-refractivity contribution is 5.43. The highest BCUT2D eigenvalue weighted by Crippen LogP contribution is 2.25. The van der Waals surface area contributed by atoms with Crippen LogP contribution in [0.1, 0.15) is 36.2 Å². The zero-order valence-electron chi connectivity index (χ0n) is 18.3. The molecule has 0 spiro atoms. The summed E-state index contributed by atoms with van der Waals surface area (Å²) < 4.78 is 12.0. The van der Waals surface area contributed by atoms with Gasteiger partial charge in [-0.2, -0.15) is 0 Å².